The first-order valence-electron chi connectivity index (χ1n) is 12.5. The minimum absolute atomic E-state index is 0.0306. The van der Waals surface area contributed by atoms with Gasteiger partial charge in [0, 0.05) is 29.6 Å². The van der Waals surface area contributed by atoms with E-state index in [1.54, 1.807) is 43.5 Å². The number of sulfonamides is 1. The van der Waals surface area contributed by atoms with Gasteiger partial charge in [-0.05, 0) is 50.9 Å². The van der Waals surface area contributed by atoms with Crippen molar-refractivity contribution in [3.8, 4) is 22.2 Å². The van der Waals surface area contributed by atoms with E-state index in [2.05, 4.69) is 25.3 Å². The molecule has 0 spiro atoms. The van der Waals surface area contributed by atoms with Crippen molar-refractivity contribution in [2.45, 2.75) is 38.9 Å². The summed E-state index contributed by atoms with van der Waals surface area (Å²) in [6, 6.07) is 10.2. The van der Waals surface area contributed by atoms with Crippen molar-refractivity contribution < 1.29 is 26.3 Å². The molecule has 0 saturated carbocycles. The highest BCUT2D eigenvalue weighted by atomic mass is 32.2. The largest absolute Gasteiger partial charge is 0.437 e. The molecule has 14 heteroatoms. The molecule has 0 aliphatic carbocycles. The molecule has 2 aromatic heterocycles. The van der Waals surface area contributed by atoms with Crippen LogP contribution in [0.2, 0.25) is 0 Å². The molecule has 1 saturated heterocycles. The van der Waals surface area contributed by atoms with Crippen molar-refractivity contribution >= 4 is 43.8 Å². The summed E-state index contributed by atoms with van der Waals surface area (Å²) >= 11 is 1.40. The monoisotopic (exact) mass is 592 g/mol. The van der Waals surface area contributed by atoms with Gasteiger partial charge in [0.15, 0.2) is 5.75 Å². The van der Waals surface area contributed by atoms with Crippen LogP contribution in [0.15, 0.2) is 42.6 Å². The van der Waals surface area contributed by atoms with E-state index in [1.807, 2.05) is 6.92 Å². The van der Waals surface area contributed by atoms with Crippen LogP contribution < -0.4 is 20.1 Å². The molecule has 1 aliphatic rings. The summed E-state index contributed by atoms with van der Waals surface area (Å²) in [7, 11) is -4.68. The number of nitrogens with one attached hydrogen (secondary N) is 3. The SMILES string of the molecule is Cc1nc(Oc2c(C)cc(NS(=O)(=O)CC(F)(F)F)c3ccccc23)c(-c2ccnc(N[C@H]3CCCNC3)n2)s1. The van der Waals surface area contributed by atoms with E-state index in [9.17, 15) is 21.6 Å². The second-order valence-corrected chi connectivity index (χ2v) is 12.4. The Morgan fingerprint density at radius 1 is 1.15 bits per heavy atom. The van der Waals surface area contributed by atoms with E-state index in [-0.39, 0.29) is 11.7 Å². The van der Waals surface area contributed by atoms with Crippen LogP contribution in [-0.4, -0.2) is 54.4 Å². The lowest BCUT2D eigenvalue weighted by Gasteiger charge is -2.23. The predicted octanol–water partition coefficient (Wildman–Crippen LogP) is 5.63. The Balaban J connectivity index is 1.48. The van der Waals surface area contributed by atoms with Gasteiger partial charge in [0.25, 0.3) is 0 Å². The first kappa shape index (κ1) is 28.1. The van der Waals surface area contributed by atoms with Crippen LogP contribution in [0.25, 0.3) is 21.3 Å². The Morgan fingerprint density at radius 3 is 2.65 bits per heavy atom. The molecule has 212 valence electrons. The number of ether oxygens (including phenoxy) is 1. The number of hydrogen-bond donors (Lipinski definition) is 3. The van der Waals surface area contributed by atoms with Gasteiger partial charge in [-0.1, -0.05) is 24.3 Å². The lowest BCUT2D eigenvalue weighted by atomic mass is 10.0. The Hall–Kier alpha value is -3.49. The normalized spacial score (nSPS) is 16.2. The van der Waals surface area contributed by atoms with Crippen molar-refractivity contribution in [2.75, 3.05) is 28.9 Å². The summed E-state index contributed by atoms with van der Waals surface area (Å²) in [6.45, 7) is 5.36. The van der Waals surface area contributed by atoms with E-state index in [0.717, 1.165) is 30.9 Å². The Labute approximate surface area is 233 Å². The molecular weight excluding hydrogens is 565 g/mol. The quantitative estimate of drug-likeness (QED) is 0.241. The van der Waals surface area contributed by atoms with E-state index in [4.69, 9.17) is 9.72 Å². The van der Waals surface area contributed by atoms with E-state index in [1.165, 1.54) is 17.4 Å². The van der Waals surface area contributed by atoms with Gasteiger partial charge in [-0.25, -0.2) is 23.4 Å². The molecule has 3 N–H and O–H groups in total. The fraction of sp³-hybridized carbons (Fsp3) is 0.346. The van der Waals surface area contributed by atoms with Crippen LogP contribution in [0.3, 0.4) is 0 Å². The molecule has 1 atom stereocenters. The lowest BCUT2D eigenvalue weighted by molar-refractivity contribution is -0.106. The topological polar surface area (TPSA) is 118 Å². The molecule has 2 aromatic carbocycles. The number of piperidine rings is 1. The van der Waals surface area contributed by atoms with Crippen LogP contribution in [0.4, 0.5) is 24.8 Å². The second kappa shape index (κ2) is 11.2. The summed E-state index contributed by atoms with van der Waals surface area (Å²) < 4.78 is 71.3. The van der Waals surface area contributed by atoms with Gasteiger partial charge in [0.1, 0.15) is 10.6 Å². The summed E-state index contributed by atoms with van der Waals surface area (Å²) in [6.07, 6.45) is -1.12. The smallest absolute Gasteiger partial charge is 0.404 e. The van der Waals surface area contributed by atoms with E-state index in [0.29, 0.717) is 44.5 Å². The maximum absolute atomic E-state index is 12.8. The van der Waals surface area contributed by atoms with Gasteiger partial charge < -0.3 is 15.4 Å². The average molecular weight is 593 g/mol. The average Bonchev–Trinajstić information content (AvgIpc) is 3.25. The summed E-state index contributed by atoms with van der Waals surface area (Å²) in [5.74, 6) is -0.771. The maximum Gasteiger partial charge on any atom is 0.404 e. The molecule has 9 nitrogen and oxygen atoms in total. The lowest BCUT2D eigenvalue weighted by Crippen LogP contribution is -2.38. The van der Waals surface area contributed by atoms with E-state index < -0.39 is 22.0 Å². The van der Waals surface area contributed by atoms with Gasteiger partial charge in [-0.15, -0.1) is 11.3 Å². The van der Waals surface area contributed by atoms with Gasteiger partial charge in [0.05, 0.1) is 16.4 Å². The molecule has 40 heavy (non-hydrogen) atoms. The highest BCUT2D eigenvalue weighted by molar-refractivity contribution is 7.92. The minimum Gasteiger partial charge on any atom is -0.437 e. The summed E-state index contributed by atoms with van der Waals surface area (Å²) in [4.78, 5) is 14.3. The number of halogens is 3. The molecule has 4 aromatic rings. The molecule has 0 unspecified atom stereocenters. The fourth-order valence-corrected chi connectivity index (χ4v) is 6.40. The highest BCUT2D eigenvalue weighted by Gasteiger charge is 2.35. The second-order valence-electron chi connectivity index (χ2n) is 9.51. The number of rotatable bonds is 8. The van der Waals surface area contributed by atoms with Gasteiger partial charge in [-0.2, -0.15) is 13.2 Å². The maximum atomic E-state index is 12.8. The third-order valence-corrected chi connectivity index (χ3v) is 8.43. The Bertz CT molecular complexity index is 1640. The third-order valence-electron chi connectivity index (χ3n) is 6.22. The van der Waals surface area contributed by atoms with Crippen LogP contribution in [0, 0.1) is 13.8 Å². The predicted molar refractivity (Wildman–Crippen MR) is 150 cm³/mol. The van der Waals surface area contributed by atoms with Crippen LogP contribution in [0.5, 0.6) is 11.6 Å². The molecule has 0 bridgehead atoms. The van der Waals surface area contributed by atoms with Crippen LogP contribution in [-0.2, 0) is 10.0 Å². The molecule has 1 aliphatic heterocycles. The highest BCUT2D eigenvalue weighted by Crippen LogP contribution is 2.42. The van der Waals surface area contributed by atoms with Crippen molar-refractivity contribution in [3.63, 3.8) is 0 Å². The van der Waals surface area contributed by atoms with Crippen molar-refractivity contribution in [2.24, 2.45) is 0 Å². The number of aryl methyl sites for hydroxylation is 2. The Morgan fingerprint density at radius 2 is 1.93 bits per heavy atom. The van der Waals surface area contributed by atoms with Gasteiger partial charge in [-0.3, -0.25) is 4.72 Å². The molecule has 1 fully saturated rings. The standard InChI is InChI=1S/C26H27F3N6O3S2/c1-15-12-21(35-40(36,37)14-26(27,28)29)18-7-3-4-8-19(18)22(15)38-24-23(39-16(2)32-24)20-9-11-31-25(34-20)33-17-6-5-10-30-13-17/h3-4,7-9,11-12,17,30,35H,5-6,10,13-14H2,1-2H3,(H,31,33,34)/t17-/m0/s1. The molecule has 3 heterocycles. The zero-order valence-electron chi connectivity index (χ0n) is 21.7. The third kappa shape index (κ3) is 6.62. The zero-order chi connectivity index (χ0) is 28.5. The van der Waals surface area contributed by atoms with Crippen molar-refractivity contribution in [1.82, 2.24) is 20.3 Å². The minimum atomic E-state index is -4.87. The zero-order valence-corrected chi connectivity index (χ0v) is 23.3. The molecule has 0 amide bonds. The first-order valence-corrected chi connectivity index (χ1v) is 15.0. The number of nitrogens with zero attached hydrogens (tertiary/aromatic N) is 3. The first-order chi connectivity index (χ1) is 19.0. The van der Waals surface area contributed by atoms with Crippen LogP contribution in [0.1, 0.15) is 23.4 Å². The van der Waals surface area contributed by atoms with E-state index >= 15 is 0 Å². The Kier molecular flexibility index (Phi) is 7.84. The van der Waals surface area contributed by atoms with Crippen molar-refractivity contribution in [3.05, 3.63) is 53.2 Å². The number of thiazole rings is 1. The molecule has 5 rings (SSSR count). The number of fused-ring (bicyclic) bond motifs is 1. The van der Waals surface area contributed by atoms with Crippen molar-refractivity contribution in [1.29, 1.82) is 0 Å². The van der Waals surface area contributed by atoms with Gasteiger partial charge >= 0.3 is 6.18 Å². The number of hydrogen-bond acceptors (Lipinski definition) is 9. The summed E-state index contributed by atoms with van der Waals surface area (Å²) in [5, 5.41) is 8.37. The number of benzene rings is 2. The number of aromatic nitrogens is 3. The van der Waals surface area contributed by atoms with Gasteiger partial charge in [0.2, 0.25) is 21.9 Å². The fourth-order valence-electron chi connectivity index (χ4n) is 4.58. The number of anilines is 2. The number of alkyl halides is 3. The molecule has 0 radical (unpaired) electrons. The summed E-state index contributed by atoms with van der Waals surface area (Å²) in [5.41, 5.74) is 1.17. The molecular formula is C26H27F3N6O3S2. The van der Waals surface area contributed by atoms with Crippen LogP contribution >= 0.6 is 11.3 Å².